The van der Waals surface area contributed by atoms with Crippen molar-refractivity contribution in [2.24, 2.45) is 7.05 Å². The summed E-state index contributed by atoms with van der Waals surface area (Å²) in [5, 5.41) is 4.33. The molecule has 0 saturated carbocycles. The number of para-hydroxylation sites is 1. The Kier molecular flexibility index (Phi) is 5.20. The SMILES string of the molecule is Cc1nn(C)cc1-c1cc(Oc2ccccc2)nc(NS(=O)(=O)c2ccccc2)n1. The van der Waals surface area contributed by atoms with E-state index in [1.54, 1.807) is 54.3 Å². The molecule has 8 nitrogen and oxygen atoms in total. The summed E-state index contributed by atoms with van der Waals surface area (Å²) in [6.45, 7) is 1.85. The summed E-state index contributed by atoms with van der Waals surface area (Å²) in [6.07, 6.45) is 1.80. The predicted octanol–water partition coefficient (Wildman–Crippen LogP) is 3.78. The van der Waals surface area contributed by atoms with Crippen molar-refractivity contribution in [3.8, 4) is 22.9 Å². The lowest BCUT2D eigenvalue weighted by Crippen LogP contribution is -2.15. The minimum absolute atomic E-state index is 0.0921. The van der Waals surface area contributed by atoms with Gasteiger partial charge in [0.25, 0.3) is 10.0 Å². The third-order valence-electron chi connectivity index (χ3n) is 4.24. The normalized spacial score (nSPS) is 11.3. The van der Waals surface area contributed by atoms with Gasteiger partial charge in [-0.3, -0.25) is 4.68 Å². The van der Waals surface area contributed by atoms with Crippen molar-refractivity contribution in [3.63, 3.8) is 0 Å². The smallest absolute Gasteiger partial charge is 0.264 e. The van der Waals surface area contributed by atoms with E-state index in [1.807, 2.05) is 25.1 Å². The average Bonchev–Trinajstić information content (AvgIpc) is 3.07. The third-order valence-corrected chi connectivity index (χ3v) is 5.58. The Morgan fingerprint density at radius 2 is 1.63 bits per heavy atom. The molecule has 2 heterocycles. The molecule has 2 aromatic carbocycles. The molecule has 0 aliphatic heterocycles. The van der Waals surface area contributed by atoms with Crippen LogP contribution in [0.4, 0.5) is 5.95 Å². The van der Waals surface area contributed by atoms with Crippen molar-refractivity contribution in [2.75, 3.05) is 4.72 Å². The number of ether oxygens (including phenoxy) is 1. The number of aryl methyl sites for hydroxylation is 2. The van der Waals surface area contributed by atoms with E-state index in [9.17, 15) is 8.42 Å². The molecule has 9 heteroatoms. The molecular weight excluding hydrogens is 402 g/mol. The Morgan fingerprint density at radius 3 is 2.27 bits per heavy atom. The molecule has 0 unspecified atom stereocenters. The first-order valence-corrected chi connectivity index (χ1v) is 10.6. The Balaban J connectivity index is 1.76. The highest BCUT2D eigenvalue weighted by molar-refractivity contribution is 7.92. The van der Waals surface area contributed by atoms with Crippen molar-refractivity contribution in [1.29, 1.82) is 0 Å². The highest BCUT2D eigenvalue weighted by Crippen LogP contribution is 2.28. The van der Waals surface area contributed by atoms with E-state index in [2.05, 4.69) is 19.8 Å². The zero-order chi connectivity index (χ0) is 21.1. The summed E-state index contributed by atoms with van der Waals surface area (Å²) >= 11 is 0. The first-order chi connectivity index (χ1) is 14.4. The predicted molar refractivity (Wildman–Crippen MR) is 113 cm³/mol. The Bertz CT molecular complexity index is 1270. The maximum Gasteiger partial charge on any atom is 0.264 e. The summed E-state index contributed by atoms with van der Waals surface area (Å²) in [5.41, 5.74) is 1.99. The van der Waals surface area contributed by atoms with Crippen molar-refractivity contribution < 1.29 is 13.2 Å². The largest absolute Gasteiger partial charge is 0.439 e. The number of hydrogen-bond donors (Lipinski definition) is 1. The number of sulfonamides is 1. The van der Waals surface area contributed by atoms with Gasteiger partial charge in [-0.05, 0) is 31.2 Å². The van der Waals surface area contributed by atoms with Gasteiger partial charge in [0.05, 0.1) is 16.3 Å². The molecule has 0 fully saturated rings. The molecule has 0 aliphatic rings. The summed E-state index contributed by atoms with van der Waals surface area (Å²) in [7, 11) is -2.05. The quantitative estimate of drug-likeness (QED) is 0.509. The highest BCUT2D eigenvalue weighted by atomic mass is 32.2. The number of rotatable bonds is 6. The van der Waals surface area contributed by atoms with Crippen molar-refractivity contribution in [2.45, 2.75) is 11.8 Å². The van der Waals surface area contributed by atoms with Crippen LogP contribution in [-0.2, 0) is 17.1 Å². The second-order valence-electron chi connectivity index (χ2n) is 6.55. The van der Waals surface area contributed by atoms with Crippen molar-refractivity contribution in [3.05, 3.63) is 78.6 Å². The van der Waals surface area contributed by atoms with Gasteiger partial charge in [0.1, 0.15) is 5.75 Å². The van der Waals surface area contributed by atoms with E-state index < -0.39 is 10.0 Å². The van der Waals surface area contributed by atoms with E-state index in [1.165, 1.54) is 12.1 Å². The number of nitrogens with one attached hydrogen (secondary N) is 1. The standard InChI is InChI=1S/C21H19N5O3S/c1-15-18(14-26(2)24-15)19-13-20(29-16-9-5-3-6-10-16)23-21(22-19)25-30(27,28)17-11-7-4-8-12-17/h3-14H,1-2H3,(H,22,23,25). The minimum Gasteiger partial charge on any atom is -0.439 e. The number of hydrogen-bond acceptors (Lipinski definition) is 6. The molecule has 152 valence electrons. The number of nitrogens with zero attached hydrogens (tertiary/aromatic N) is 4. The molecular formula is C21H19N5O3S. The van der Waals surface area contributed by atoms with Crippen molar-refractivity contribution >= 4 is 16.0 Å². The lowest BCUT2D eigenvalue weighted by atomic mass is 10.2. The Hall–Kier alpha value is -3.72. The second kappa shape index (κ2) is 7.96. The van der Waals surface area contributed by atoms with Gasteiger partial charge in [0.2, 0.25) is 11.8 Å². The van der Waals surface area contributed by atoms with Crippen LogP contribution in [-0.4, -0.2) is 28.2 Å². The molecule has 0 saturated heterocycles. The van der Waals surface area contributed by atoms with Gasteiger partial charge in [-0.2, -0.15) is 10.1 Å². The first kappa shape index (κ1) is 19.6. The highest BCUT2D eigenvalue weighted by Gasteiger charge is 2.18. The molecule has 0 radical (unpaired) electrons. The van der Waals surface area contributed by atoms with Gasteiger partial charge in [0.15, 0.2) is 0 Å². The molecule has 0 aliphatic carbocycles. The zero-order valence-corrected chi connectivity index (χ0v) is 17.2. The number of benzene rings is 2. The topological polar surface area (TPSA) is 99.0 Å². The number of anilines is 1. The minimum atomic E-state index is -3.86. The summed E-state index contributed by atoms with van der Waals surface area (Å²) in [4.78, 5) is 8.76. The second-order valence-corrected chi connectivity index (χ2v) is 8.23. The van der Waals surface area contributed by atoms with E-state index in [4.69, 9.17) is 4.74 Å². The molecule has 0 amide bonds. The first-order valence-electron chi connectivity index (χ1n) is 9.11. The van der Waals surface area contributed by atoms with Crippen LogP contribution in [0.1, 0.15) is 5.69 Å². The van der Waals surface area contributed by atoms with Gasteiger partial charge in [-0.25, -0.2) is 18.1 Å². The lowest BCUT2D eigenvalue weighted by Gasteiger charge is -2.11. The van der Waals surface area contributed by atoms with Crippen LogP contribution < -0.4 is 9.46 Å². The van der Waals surface area contributed by atoms with Gasteiger partial charge in [0, 0.05) is 24.9 Å². The van der Waals surface area contributed by atoms with Gasteiger partial charge >= 0.3 is 0 Å². The van der Waals surface area contributed by atoms with Crippen LogP contribution in [0.3, 0.4) is 0 Å². The fourth-order valence-electron chi connectivity index (χ4n) is 2.90. The molecule has 30 heavy (non-hydrogen) atoms. The molecule has 1 N–H and O–H groups in total. The molecule has 0 atom stereocenters. The van der Waals surface area contributed by atoms with Crippen LogP contribution in [0.15, 0.2) is 77.8 Å². The van der Waals surface area contributed by atoms with Crippen LogP contribution in [0.2, 0.25) is 0 Å². The lowest BCUT2D eigenvalue weighted by molar-refractivity contribution is 0.463. The Morgan fingerprint density at radius 1 is 0.967 bits per heavy atom. The summed E-state index contributed by atoms with van der Waals surface area (Å²) in [5.74, 6) is 0.688. The average molecular weight is 421 g/mol. The molecule has 0 spiro atoms. The fourth-order valence-corrected chi connectivity index (χ4v) is 3.86. The molecule has 4 aromatic rings. The summed E-state index contributed by atoms with van der Waals surface area (Å²) < 4.78 is 35.4. The molecule has 0 bridgehead atoms. The zero-order valence-electron chi connectivity index (χ0n) is 16.4. The van der Waals surface area contributed by atoms with Crippen molar-refractivity contribution in [1.82, 2.24) is 19.7 Å². The van der Waals surface area contributed by atoms with E-state index in [0.29, 0.717) is 11.4 Å². The van der Waals surface area contributed by atoms with Crippen LogP contribution in [0, 0.1) is 6.92 Å². The fraction of sp³-hybridized carbons (Fsp3) is 0.0952. The maximum atomic E-state index is 12.7. The van der Waals surface area contributed by atoms with E-state index >= 15 is 0 Å². The monoisotopic (exact) mass is 421 g/mol. The van der Waals surface area contributed by atoms with Gasteiger partial charge in [-0.1, -0.05) is 36.4 Å². The Labute approximate surface area is 174 Å². The maximum absolute atomic E-state index is 12.7. The van der Waals surface area contributed by atoms with Gasteiger partial charge in [-0.15, -0.1) is 0 Å². The van der Waals surface area contributed by atoms with Crippen LogP contribution in [0.25, 0.3) is 11.3 Å². The molecule has 4 rings (SSSR count). The van der Waals surface area contributed by atoms with E-state index in [-0.39, 0.29) is 16.7 Å². The van der Waals surface area contributed by atoms with E-state index in [0.717, 1.165) is 11.3 Å². The molecule has 2 aromatic heterocycles. The number of aromatic nitrogens is 4. The van der Waals surface area contributed by atoms with Crippen LogP contribution in [0.5, 0.6) is 11.6 Å². The third kappa shape index (κ3) is 4.31. The van der Waals surface area contributed by atoms with Crippen LogP contribution >= 0.6 is 0 Å². The van der Waals surface area contributed by atoms with Gasteiger partial charge < -0.3 is 4.74 Å². The summed E-state index contributed by atoms with van der Waals surface area (Å²) in [6, 6.07) is 18.8.